The summed E-state index contributed by atoms with van der Waals surface area (Å²) in [6, 6.07) is 3.24. The molecule has 0 amide bonds. The van der Waals surface area contributed by atoms with Crippen LogP contribution in [0, 0.1) is 11.6 Å². The summed E-state index contributed by atoms with van der Waals surface area (Å²) < 4.78 is 30.2. The predicted octanol–water partition coefficient (Wildman–Crippen LogP) is 2.11. The van der Waals surface area contributed by atoms with Crippen LogP contribution in [0.1, 0.15) is 13.8 Å². The minimum Gasteiger partial charge on any atom is -0.491 e. The van der Waals surface area contributed by atoms with E-state index in [2.05, 4.69) is 0 Å². The molecule has 4 heteroatoms. The standard InChI is InChI=1S/C10H12F2O2/c1-10(2,13)6-14-7-3-4-8(11)9(12)5-7/h3-5,13H,6H2,1-2H3. The van der Waals surface area contributed by atoms with E-state index >= 15 is 0 Å². The molecular weight excluding hydrogens is 190 g/mol. The van der Waals surface area contributed by atoms with Gasteiger partial charge in [-0.25, -0.2) is 8.78 Å². The number of rotatable bonds is 3. The molecule has 0 fully saturated rings. The zero-order chi connectivity index (χ0) is 10.8. The zero-order valence-electron chi connectivity index (χ0n) is 8.05. The van der Waals surface area contributed by atoms with E-state index in [1.54, 1.807) is 13.8 Å². The second-order valence-electron chi connectivity index (χ2n) is 3.68. The van der Waals surface area contributed by atoms with Crippen molar-refractivity contribution in [2.24, 2.45) is 0 Å². The maximum absolute atomic E-state index is 12.7. The van der Waals surface area contributed by atoms with Gasteiger partial charge < -0.3 is 9.84 Å². The van der Waals surface area contributed by atoms with Gasteiger partial charge in [-0.15, -0.1) is 0 Å². The summed E-state index contributed by atoms with van der Waals surface area (Å²) in [7, 11) is 0. The maximum Gasteiger partial charge on any atom is 0.162 e. The SMILES string of the molecule is CC(C)(O)COc1ccc(F)c(F)c1. The lowest BCUT2D eigenvalue weighted by Crippen LogP contribution is -2.27. The molecule has 0 aliphatic heterocycles. The van der Waals surface area contributed by atoms with Crippen LogP contribution in [0.15, 0.2) is 18.2 Å². The molecule has 0 spiro atoms. The number of hydrogen-bond donors (Lipinski definition) is 1. The van der Waals surface area contributed by atoms with Crippen molar-refractivity contribution >= 4 is 0 Å². The fourth-order valence-corrected chi connectivity index (χ4v) is 0.827. The van der Waals surface area contributed by atoms with E-state index in [-0.39, 0.29) is 12.4 Å². The molecular formula is C10H12F2O2. The van der Waals surface area contributed by atoms with E-state index in [9.17, 15) is 13.9 Å². The van der Waals surface area contributed by atoms with Crippen LogP contribution in [-0.2, 0) is 0 Å². The zero-order valence-corrected chi connectivity index (χ0v) is 8.05. The van der Waals surface area contributed by atoms with Crippen molar-refractivity contribution in [3.8, 4) is 5.75 Å². The Kier molecular flexibility index (Phi) is 3.06. The molecule has 1 aromatic rings. The Balaban J connectivity index is 2.65. The van der Waals surface area contributed by atoms with E-state index in [0.29, 0.717) is 0 Å². The van der Waals surface area contributed by atoms with Gasteiger partial charge in [0.2, 0.25) is 0 Å². The molecule has 0 unspecified atom stereocenters. The molecule has 0 saturated heterocycles. The lowest BCUT2D eigenvalue weighted by molar-refractivity contribution is 0.0283. The van der Waals surface area contributed by atoms with E-state index < -0.39 is 17.2 Å². The third-order valence-electron chi connectivity index (χ3n) is 1.48. The van der Waals surface area contributed by atoms with Crippen molar-refractivity contribution in [3.63, 3.8) is 0 Å². The number of ether oxygens (including phenoxy) is 1. The van der Waals surface area contributed by atoms with Gasteiger partial charge >= 0.3 is 0 Å². The monoisotopic (exact) mass is 202 g/mol. The van der Waals surface area contributed by atoms with Crippen LogP contribution in [-0.4, -0.2) is 17.3 Å². The third-order valence-corrected chi connectivity index (χ3v) is 1.48. The van der Waals surface area contributed by atoms with Crippen LogP contribution >= 0.6 is 0 Å². The molecule has 0 saturated carbocycles. The third kappa shape index (κ3) is 3.30. The van der Waals surface area contributed by atoms with Crippen LogP contribution in [0.4, 0.5) is 8.78 Å². The van der Waals surface area contributed by atoms with Crippen LogP contribution < -0.4 is 4.74 Å². The van der Waals surface area contributed by atoms with Crippen molar-refractivity contribution in [2.75, 3.05) is 6.61 Å². The van der Waals surface area contributed by atoms with Gasteiger partial charge in [0.1, 0.15) is 12.4 Å². The number of hydrogen-bond acceptors (Lipinski definition) is 2. The summed E-state index contributed by atoms with van der Waals surface area (Å²) in [6.45, 7) is 3.15. The van der Waals surface area contributed by atoms with Crippen LogP contribution in [0.5, 0.6) is 5.75 Å². The van der Waals surface area contributed by atoms with E-state index in [0.717, 1.165) is 12.1 Å². The first-order valence-electron chi connectivity index (χ1n) is 4.19. The van der Waals surface area contributed by atoms with Crippen LogP contribution in [0.3, 0.4) is 0 Å². The molecule has 0 bridgehead atoms. The highest BCUT2D eigenvalue weighted by Crippen LogP contribution is 2.16. The van der Waals surface area contributed by atoms with Gasteiger partial charge in [-0.3, -0.25) is 0 Å². The summed E-state index contributed by atoms with van der Waals surface area (Å²) >= 11 is 0. The van der Waals surface area contributed by atoms with Crippen molar-refractivity contribution in [1.29, 1.82) is 0 Å². The molecule has 1 aromatic carbocycles. The first-order valence-corrected chi connectivity index (χ1v) is 4.19. The molecule has 0 heterocycles. The Morgan fingerprint density at radius 2 is 1.93 bits per heavy atom. The molecule has 1 N–H and O–H groups in total. The van der Waals surface area contributed by atoms with Gasteiger partial charge in [0, 0.05) is 6.07 Å². The highest BCUT2D eigenvalue weighted by molar-refractivity contribution is 5.23. The van der Waals surface area contributed by atoms with Gasteiger partial charge in [-0.05, 0) is 26.0 Å². The molecule has 2 nitrogen and oxygen atoms in total. The van der Waals surface area contributed by atoms with Gasteiger partial charge in [0.15, 0.2) is 11.6 Å². The molecule has 0 atom stereocenters. The smallest absolute Gasteiger partial charge is 0.162 e. The second kappa shape index (κ2) is 3.92. The van der Waals surface area contributed by atoms with E-state index in [1.807, 2.05) is 0 Å². The molecule has 1 rings (SSSR count). The fourth-order valence-electron chi connectivity index (χ4n) is 0.827. The average Bonchev–Trinajstić information content (AvgIpc) is 2.06. The highest BCUT2D eigenvalue weighted by atomic mass is 19.2. The summed E-state index contributed by atoms with van der Waals surface area (Å²) in [5, 5.41) is 9.31. The van der Waals surface area contributed by atoms with Gasteiger partial charge in [0.25, 0.3) is 0 Å². The van der Waals surface area contributed by atoms with Gasteiger partial charge in [-0.1, -0.05) is 0 Å². The Bertz CT molecular complexity index is 318. The molecule has 78 valence electrons. The van der Waals surface area contributed by atoms with Crippen molar-refractivity contribution < 1.29 is 18.6 Å². The summed E-state index contributed by atoms with van der Waals surface area (Å²) in [4.78, 5) is 0. The van der Waals surface area contributed by atoms with Crippen LogP contribution in [0.25, 0.3) is 0 Å². The second-order valence-corrected chi connectivity index (χ2v) is 3.68. The average molecular weight is 202 g/mol. The molecule has 0 aliphatic carbocycles. The normalized spacial score (nSPS) is 11.5. The summed E-state index contributed by atoms with van der Waals surface area (Å²) in [5.41, 5.74) is -0.995. The van der Waals surface area contributed by atoms with Gasteiger partial charge in [-0.2, -0.15) is 0 Å². The first kappa shape index (κ1) is 10.9. The first-order chi connectivity index (χ1) is 6.38. The lowest BCUT2D eigenvalue weighted by atomic mass is 10.2. The summed E-state index contributed by atoms with van der Waals surface area (Å²) in [5.74, 6) is -1.68. The largest absolute Gasteiger partial charge is 0.491 e. The van der Waals surface area contributed by atoms with E-state index in [4.69, 9.17) is 4.74 Å². The maximum atomic E-state index is 12.7. The number of halogens is 2. The minimum absolute atomic E-state index is 0.0259. The Hall–Kier alpha value is -1.16. The quantitative estimate of drug-likeness (QED) is 0.813. The highest BCUT2D eigenvalue weighted by Gasteiger charge is 2.13. The topological polar surface area (TPSA) is 29.5 Å². The van der Waals surface area contributed by atoms with Crippen molar-refractivity contribution in [1.82, 2.24) is 0 Å². The lowest BCUT2D eigenvalue weighted by Gasteiger charge is -2.17. The minimum atomic E-state index is -0.995. The van der Waals surface area contributed by atoms with Crippen LogP contribution in [0.2, 0.25) is 0 Å². The number of aliphatic hydroxyl groups is 1. The van der Waals surface area contributed by atoms with Crippen molar-refractivity contribution in [2.45, 2.75) is 19.4 Å². The summed E-state index contributed by atoms with van der Waals surface area (Å²) in [6.07, 6.45) is 0. The molecule has 14 heavy (non-hydrogen) atoms. The molecule has 0 aromatic heterocycles. The number of benzene rings is 1. The molecule has 0 radical (unpaired) electrons. The van der Waals surface area contributed by atoms with Gasteiger partial charge in [0.05, 0.1) is 5.60 Å². The Morgan fingerprint density at radius 1 is 1.29 bits per heavy atom. The van der Waals surface area contributed by atoms with E-state index in [1.165, 1.54) is 6.07 Å². The Morgan fingerprint density at radius 3 is 2.43 bits per heavy atom. The predicted molar refractivity (Wildman–Crippen MR) is 48.2 cm³/mol. The Labute approximate surface area is 81.1 Å². The molecule has 0 aliphatic rings. The van der Waals surface area contributed by atoms with Crippen molar-refractivity contribution in [3.05, 3.63) is 29.8 Å². The fraction of sp³-hybridized carbons (Fsp3) is 0.400.